The summed E-state index contributed by atoms with van der Waals surface area (Å²) in [7, 11) is 1.79. The molecule has 0 aromatic heterocycles. The quantitative estimate of drug-likeness (QED) is 0.680. The van der Waals surface area contributed by atoms with Gasteiger partial charge >= 0.3 is 0 Å². The summed E-state index contributed by atoms with van der Waals surface area (Å²) in [6.07, 6.45) is 2.87. The topological polar surface area (TPSA) is 24.5 Å². The lowest BCUT2D eigenvalue weighted by atomic mass is 10.1. The van der Waals surface area contributed by atoms with Crippen molar-refractivity contribution in [2.45, 2.75) is 31.8 Å². The lowest BCUT2D eigenvalue weighted by molar-refractivity contribution is 0.0586. The van der Waals surface area contributed by atoms with Gasteiger partial charge in [-0.1, -0.05) is 0 Å². The molecular formula is C11H22N2O. The molecule has 1 unspecified atom stereocenters. The highest BCUT2D eigenvalue weighted by Crippen LogP contribution is 2.36. The Morgan fingerprint density at radius 2 is 2.14 bits per heavy atom. The molecule has 1 aliphatic heterocycles. The number of hydrogen-bond acceptors (Lipinski definition) is 3. The lowest BCUT2D eigenvalue weighted by Gasteiger charge is -2.42. The zero-order valence-electron chi connectivity index (χ0n) is 9.33. The van der Waals surface area contributed by atoms with Crippen LogP contribution in [0.25, 0.3) is 0 Å². The van der Waals surface area contributed by atoms with Gasteiger partial charge in [-0.15, -0.1) is 0 Å². The Bertz CT molecular complexity index is 178. The van der Waals surface area contributed by atoms with Gasteiger partial charge in [-0.3, -0.25) is 4.90 Å². The smallest absolute Gasteiger partial charge is 0.0589 e. The summed E-state index contributed by atoms with van der Waals surface area (Å²) in [4.78, 5) is 2.64. The van der Waals surface area contributed by atoms with E-state index in [9.17, 15) is 0 Å². The van der Waals surface area contributed by atoms with Crippen LogP contribution in [0.1, 0.15) is 19.8 Å². The van der Waals surface area contributed by atoms with Crippen LogP contribution in [0.2, 0.25) is 0 Å². The van der Waals surface area contributed by atoms with Gasteiger partial charge in [-0.05, 0) is 25.7 Å². The molecule has 2 rings (SSSR count). The van der Waals surface area contributed by atoms with E-state index in [0.29, 0.717) is 0 Å². The van der Waals surface area contributed by atoms with Gasteiger partial charge in [0, 0.05) is 38.8 Å². The molecule has 1 aliphatic carbocycles. The second-order valence-corrected chi connectivity index (χ2v) is 4.62. The minimum atomic E-state index is 0.761. The highest BCUT2D eigenvalue weighted by Gasteiger charge is 2.36. The summed E-state index contributed by atoms with van der Waals surface area (Å²) in [6.45, 7) is 6.68. The van der Waals surface area contributed by atoms with E-state index in [1.54, 1.807) is 7.11 Å². The molecule has 1 saturated heterocycles. The maximum absolute atomic E-state index is 5.18. The van der Waals surface area contributed by atoms with Gasteiger partial charge in [-0.2, -0.15) is 0 Å². The number of nitrogens with zero attached hydrogens (tertiary/aromatic N) is 1. The Morgan fingerprint density at radius 3 is 2.57 bits per heavy atom. The van der Waals surface area contributed by atoms with E-state index in [0.717, 1.165) is 31.2 Å². The van der Waals surface area contributed by atoms with Crippen LogP contribution >= 0.6 is 0 Å². The van der Waals surface area contributed by atoms with Crippen molar-refractivity contribution in [1.29, 1.82) is 0 Å². The van der Waals surface area contributed by atoms with Gasteiger partial charge in [-0.25, -0.2) is 0 Å². The number of nitrogens with one attached hydrogen (secondary N) is 1. The molecule has 0 bridgehead atoms. The largest absolute Gasteiger partial charge is 0.383 e. The minimum Gasteiger partial charge on any atom is -0.383 e. The van der Waals surface area contributed by atoms with Crippen molar-refractivity contribution < 1.29 is 4.74 Å². The summed E-state index contributed by atoms with van der Waals surface area (Å²) >= 11 is 0. The predicted molar refractivity (Wildman–Crippen MR) is 57.4 cm³/mol. The first-order chi connectivity index (χ1) is 6.83. The summed E-state index contributed by atoms with van der Waals surface area (Å²) in [6, 6.07) is 1.53. The maximum Gasteiger partial charge on any atom is 0.0589 e. The van der Waals surface area contributed by atoms with E-state index < -0.39 is 0 Å². The van der Waals surface area contributed by atoms with Gasteiger partial charge in [0.1, 0.15) is 0 Å². The Balaban J connectivity index is 1.83. The second-order valence-electron chi connectivity index (χ2n) is 4.62. The Kier molecular flexibility index (Phi) is 3.42. The number of methoxy groups -OCH3 is 1. The second kappa shape index (κ2) is 4.60. The molecule has 2 fully saturated rings. The van der Waals surface area contributed by atoms with Crippen LogP contribution in [0, 0.1) is 5.92 Å². The van der Waals surface area contributed by atoms with Crippen LogP contribution in [0.15, 0.2) is 0 Å². The summed E-state index contributed by atoms with van der Waals surface area (Å²) in [5.41, 5.74) is 0. The van der Waals surface area contributed by atoms with Gasteiger partial charge in [0.2, 0.25) is 0 Å². The molecule has 82 valence electrons. The molecule has 0 spiro atoms. The van der Waals surface area contributed by atoms with Crippen molar-refractivity contribution in [3.8, 4) is 0 Å². The first-order valence-electron chi connectivity index (χ1n) is 5.78. The highest BCUT2D eigenvalue weighted by atomic mass is 16.5. The van der Waals surface area contributed by atoms with Crippen molar-refractivity contribution in [2.75, 3.05) is 33.4 Å². The van der Waals surface area contributed by atoms with Crippen LogP contribution in [-0.2, 0) is 4.74 Å². The van der Waals surface area contributed by atoms with E-state index in [-0.39, 0.29) is 0 Å². The zero-order valence-corrected chi connectivity index (χ0v) is 9.33. The fourth-order valence-corrected chi connectivity index (χ4v) is 2.27. The minimum absolute atomic E-state index is 0.761. The molecule has 1 heterocycles. The Morgan fingerprint density at radius 1 is 1.43 bits per heavy atom. The third-order valence-electron chi connectivity index (χ3n) is 3.61. The third-order valence-corrected chi connectivity index (χ3v) is 3.61. The molecule has 0 radical (unpaired) electrons. The van der Waals surface area contributed by atoms with Crippen LogP contribution in [0.4, 0.5) is 0 Å². The van der Waals surface area contributed by atoms with Gasteiger partial charge < -0.3 is 10.1 Å². The van der Waals surface area contributed by atoms with Crippen LogP contribution in [0.5, 0.6) is 0 Å². The maximum atomic E-state index is 5.18. The normalized spacial score (nSPS) is 25.1. The van der Waals surface area contributed by atoms with E-state index >= 15 is 0 Å². The fraction of sp³-hybridized carbons (Fsp3) is 1.00. The van der Waals surface area contributed by atoms with Crippen molar-refractivity contribution in [2.24, 2.45) is 5.92 Å². The molecule has 14 heavy (non-hydrogen) atoms. The molecule has 2 aliphatic rings. The average Bonchev–Trinajstić information content (AvgIpc) is 2.90. The highest BCUT2D eigenvalue weighted by molar-refractivity contribution is 4.92. The third kappa shape index (κ3) is 2.27. The standard InChI is InChI=1S/C11H22N2O/c1-9(10-3-4-10)13(5-6-14-2)11-7-12-8-11/h9-12H,3-8H2,1-2H3. The summed E-state index contributed by atoms with van der Waals surface area (Å²) in [5.74, 6) is 0.965. The van der Waals surface area contributed by atoms with Gasteiger partial charge in [0.25, 0.3) is 0 Å². The average molecular weight is 198 g/mol. The molecule has 0 aromatic carbocycles. The molecular weight excluding hydrogens is 176 g/mol. The van der Waals surface area contributed by atoms with E-state index in [1.165, 1.54) is 25.9 Å². The SMILES string of the molecule is COCCN(C1CNC1)C(C)C1CC1. The first kappa shape index (κ1) is 10.4. The van der Waals surface area contributed by atoms with Crippen molar-refractivity contribution in [3.63, 3.8) is 0 Å². The number of ether oxygens (including phenoxy) is 1. The summed E-state index contributed by atoms with van der Waals surface area (Å²) < 4.78 is 5.18. The van der Waals surface area contributed by atoms with Crippen LogP contribution in [-0.4, -0.2) is 50.3 Å². The molecule has 1 N–H and O–H groups in total. The fourth-order valence-electron chi connectivity index (χ4n) is 2.27. The van der Waals surface area contributed by atoms with Crippen LogP contribution < -0.4 is 5.32 Å². The van der Waals surface area contributed by atoms with Crippen molar-refractivity contribution in [1.82, 2.24) is 10.2 Å². The van der Waals surface area contributed by atoms with Crippen molar-refractivity contribution >= 4 is 0 Å². The summed E-state index contributed by atoms with van der Waals surface area (Å²) in [5, 5.41) is 3.35. The zero-order chi connectivity index (χ0) is 9.97. The lowest BCUT2D eigenvalue weighted by Crippen LogP contribution is -2.60. The van der Waals surface area contributed by atoms with E-state index in [2.05, 4.69) is 17.1 Å². The number of hydrogen-bond donors (Lipinski definition) is 1. The monoisotopic (exact) mass is 198 g/mol. The van der Waals surface area contributed by atoms with Crippen molar-refractivity contribution in [3.05, 3.63) is 0 Å². The first-order valence-corrected chi connectivity index (χ1v) is 5.78. The molecule has 0 aromatic rings. The van der Waals surface area contributed by atoms with Gasteiger partial charge in [0.05, 0.1) is 6.61 Å². The Labute approximate surface area is 86.8 Å². The molecule has 1 atom stereocenters. The van der Waals surface area contributed by atoms with Crippen LogP contribution in [0.3, 0.4) is 0 Å². The number of rotatable bonds is 6. The molecule has 3 heteroatoms. The Hall–Kier alpha value is -0.120. The molecule has 0 amide bonds. The van der Waals surface area contributed by atoms with E-state index in [1.807, 2.05) is 0 Å². The molecule has 3 nitrogen and oxygen atoms in total. The van der Waals surface area contributed by atoms with E-state index in [4.69, 9.17) is 4.74 Å². The predicted octanol–water partition coefficient (Wildman–Crippen LogP) is 0.705. The molecule has 1 saturated carbocycles. The van der Waals surface area contributed by atoms with Gasteiger partial charge in [0.15, 0.2) is 0 Å².